The van der Waals surface area contributed by atoms with Crippen LogP contribution in [0.4, 0.5) is 0 Å². The van der Waals surface area contributed by atoms with Gasteiger partial charge in [0, 0.05) is 13.1 Å². The van der Waals surface area contributed by atoms with Gasteiger partial charge in [0.05, 0.1) is 0 Å². The Labute approximate surface area is 96.1 Å². The van der Waals surface area contributed by atoms with Crippen LogP contribution >= 0.6 is 11.3 Å². The van der Waals surface area contributed by atoms with Gasteiger partial charge in [0.15, 0.2) is 0 Å². The monoisotopic (exact) mass is 224 g/mol. The fourth-order valence-corrected chi connectivity index (χ4v) is 3.09. The van der Waals surface area contributed by atoms with Crippen molar-refractivity contribution in [1.29, 1.82) is 0 Å². The first-order valence-corrected chi connectivity index (χ1v) is 6.58. The van der Waals surface area contributed by atoms with Crippen LogP contribution in [0.2, 0.25) is 0 Å². The molecule has 0 aliphatic heterocycles. The summed E-state index contributed by atoms with van der Waals surface area (Å²) in [5.41, 5.74) is 7.73. The fourth-order valence-electron chi connectivity index (χ4n) is 2.43. The molecule has 0 amide bonds. The van der Waals surface area contributed by atoms with Crippen molar-refractivity contribution in [3.05, 3.63) is 22.4 Å². The van der Waals surface area contributed by atoms with E-state index in [9.17, 15) is 0 Å². The predicted molar refractivity (Wildman–Crippen MR) is 66.0 cm³/mol. The molecule has 1 aromatic heterocycles. The predicted octanol–water partition coefficient (Wildman–Crippen LogP) is 2.31. The standard InChI is InChI=1S/C12H20N2S/c1-14(7-11-3-6-15-8-11)10-12(9-13)4-2-5-12/h3,6,8H,2,4-5,7,9-10,13H2,1H3. The Bertz CT molecular complexity index is 285. The lowest BCUT2D eigenvalue weighted by molar-refractivity contribution is 0.0846. The van der Waals surface area contributed by atoms with Crippen LogP contribution in [0.1, 0.15) is 24.8 Å². The minimum absolute atomic E-state index is 0.435. The normalized spacial score (nSPS) is 19.1. The second kappa shape index (κ2) is 4.64. The van der Waals surface area contributed by atoms with Gasteiger partial charge in [-0.15, -0.1) is 0 Å². The molecule has 3 heteroatoms. The molecule has 2 N–H and O–H groups in total. The Morgan fingerprint density at radius 2 is 2.33 bits per heavy atom. The van der Waals surface area contributed by atoms with Crippen molar-refractivity contribution in [2.75, 3.05) is 20.1 Å². The Morgan fingerprint density at radius 1 is 1.53 bits per heavy atom. The fraction of sp³-hybridized carbons (Fsp3) is 0.667. The molecule has 0 radical (unpaired) electrons. The molecule has 84 valence electrons. The van der Waals surface area contributed by atoms with E-state index >= 15 is 0 Å². The third kappa shape index (κ3) is 2.60. The summed E-state index contributed by atoms with van der Waals surface area (Å²) in [7, 11) is 2.20. The van der Waals surface area contributed by atoms with Gasteiger partial charge in [-0.05, 0) is 54.2 Å². The molecule has 0 aromatic carbocycles. The largest absolute Gasteiger partial charge is 0.330 e. The summed E-state index contributed by atoms with van der Waals surface area (Å²) >= 11 is 1.77. The second-order valence-corrected chi connectivity index (χ2v) is 5.64. The van der Waals surface area contributed by atoms with E-state index < -0.39 is 0 Å². The van der Waals surface area contributed by atoms with Crippen molar-refractivity contribution in [2.45, 2.75) is 25.8 Å². The summed E-state index contributed by atoms with van der Waals surface area (Å²) in [5, 5.41) is 4.37. The van der Waals surface area contributed by atoms with E-state index in [-0.39, 0.29) is 0 Å². The maximum absolute atomic E-state index is 5.87. The molecule has 0 spiro atoms. The van der Waals surface area contributed by atoms with Crippen LogP contribution < -0.4 is 5.73 Å². The Kier molecular flexibility index (Phi) is 3.44. The van der Waals surface area contributed by atoms with Crippen LogP contribution in [0, 0.1) is 5.41 Å². The first kappa shape index (κ1) is 11.1. The van der Waals surface area contributed by atoms with Gasteiger partial charge in [-0.25, -0.2) is 0 Å². The van der Waals surface area contributed by atoms with E-state index in [2.05, 4.69) is 28.8 Å². The van der Waals surface area contributed by atoms with Crippen molar-refractivity contribution < 1.29 is 0 Å². The minimum Gasteiger partial charge on any atom is -0.330 e. The zero-order valence-electron chi connectivity index (χ0n) is 9.41. The highest BCUT2D eigenvalue weighted by atomic mass is 32.1. The van der Waals surface area contributed by atoms with Gasteiger partial charge in [0.1, 0.15) is 0 Å². The third-order valence-electron chi connectivity index (χ3n) is 3.49. The summed E-state index contributed by atoms with van der Waals surface area (Å²) in [6.45, 7) is 3.06. The molecule has 15 heavy (non-hydrogen) atoms. The summed E-state index contributed by atoms with van der Waals surface area (Å²) in [4.78, 5) is 2.41. The highest BCUT2D eigenvalue weighted by molar-refractivity contribution is 7.07. The molecule has 1 fully saturated rings. The second-order valence-electron chi connectivity index (χ2n) is 4.86. The number of nitrogens with two attached hydrogens (primary N) is 1. The quantitative estimate of drug-likeness (QED) is 0.831. The summed E-state index contributed by atoms with van der Waals surface area (Å²) in [6, 6.07) is 2.21. The molecule has 1 heterocycles. The molecule has 1 aliphatic carbocycles. The summed E-state index contributed by atoms with van der Waals surface area (Å²) in [6.07, 6.45) is 4.00. The molecule has 2 rings (SSSR count). The van der Waals surface area contributed by atoms with Gasteiger partial charge < -0.3 is 10.6 Å². The van der Waals surface area contributed by atoms with Crippen molar-refractivity contribution in [1.82, 2.24) is 4.90 Å². The van der Waals surface area contributed by atoms with Gasteiger partial charge in [0.25, 0.3) is 0 Å². The number of nitrogens with zero attached hydrogens (tertiary/aromatic N) is 1. The molecule has 0 unspecified atom stereocenters. The smallest absolute Gasteiger partial charge is 0.0239 e. The van der Waals surface area contributed by atoms with Crippen molar-refractivity contribution in [3.8, 4) is 0 Å². The molecular weight excluding hydrogens is 204 g/mol. The van der Waals surface area contributed by atoms with Crippen LogP contribution in [-0.2, 0) is 6.54 Å². The zero-order valence-corrected chi connectivity index (χ0v) is 10.2. The SMILES string of the molecule is CN(Cc1ccsc1)CC1(CN)CCC1. The van der Waals surface area contributed by atoms with E-state index in [1.165, 1.54) is 24.8 Å². The highest BCUT2D eigenvalue weighted by Crippen LogP contribution is 2.40. The molecule has 1 aliphatic rings. The lowest BCUT2D eigenvalue weighted by Crippen LogP contribution is -2.45. The molecule has 0 bridgehead atoms. The van der Waals surface area contributed by atoms with Crippen LogP contribution in [0.5, 0.6) is 0 Å². The van der Waals surface area contributed by atoms with Crippen LogP contribution in [0.25, 0.3) is 0 Å². The zero-order chi connectivity index (χ0) is 10.7. The average molecular weight is 224 g/mol. The van der Waals surface area contributed by atoms with E-state index in [1.54, 1.807) is 11.3 Å². The average Bonchev–Trinajstić information content (AvgIpc) is 2.64. The Balaban J connectivity index is 1.84. The lowest BCUT2D eigenvalue weighted by Gasteiger charge is -2.43. The number of hydrogen-bond acceptors (Lipinski definition) is 3. The van der Waals surface area contributed by atoms with Gasteiger partial charge in [-0.1, -0.05) is 6.42 Å². The molecular formula is C12H20N2S. The maximum Gasteiger partial charge on any atom is 0.0239 e. The van der Waals surface area contributed by atoms with E-state index in [4.69, 9.17) is 5.73 Å². The maximum atomic E-state index is 5.87. The van der Waals surface area contributed by atoms with Crippen LogP contribution in [-0.4, -0.2) is 25.0 Å². The summed E-state index contributed by atoms with van der Waals surface area (Å²) in [5.74, 6) is 0. The van der Waals surface area contributed by atoms with E-state index in [1.807, 2.05) is 0 Å². The molecule has 2 nitrogen and oxygen atoms in total. The first-order chi connectivity index (χ1) is 7.24. The number of thiophene rings is 1. The third-order valence-corrected chi connectivity index (χ3v) is 4.22. The number of hydrogen-bond donors (Lipinski definition) is 1. The van der Waals surface area contributed by atoms with Crippen molar-refractivity contribution in [3.63, 3.8) is 0 Å². The van der Waals surface area contributed by atoms with Crippen LogP contribution in [0.15, 0.2) is 16.8 Å². The Hall–Kier alpha value is -0.380. The molecule has 0 saturated heterocycles. The van der Waals surface area contributed by atoms with Gasteiger partial charge in [-0.3, -0.25) is 0 Å². The van der Waals surface area contributed by atoms with Crippen molar-refractivity contribution in [2.24, 2.45) is 11.1 Å². The first-order valence-electron chi connectivity index (χ1n) is 5.64. The minimum atomic E-state index is 0.435. The topological polar surface area (TPSA) is 29.3 Å². The lowest BCUT2D eigenvalue weighted by atomic mass is 9.68. The number of rotatable bonds is 5. The Morgan fingerprint density at radius 3 is 2.80 bits per heavy atom. The van der Waals surface area contributed by atoms with Gasteiger partial charge in [0.2, 0.25) is 0 Å². The molecule has 1 saturated carbocycles. The van der Waals surface area contributed by atoms with Crippen molar-refractivity contribution >= 4 is 11.3 Å². The summed E-state index contributed by atoms with van der Waals surface area (Å²) < 4.78 is 0. The van der Waals surface area contributed by atoms with E-state index in [0.29, 0.717) is 5.41 Å². The van der Waals surface area contributed by atoms with Gasteiger partial charge in [-0.2, -0.15) is 11.3 Å². The van der Waals surface area contributed by atoms with Crippen LogP contribution in [0.3, 0.4) is 0 Å². The molecule has 0 atom stereocenters. The van der Waals surface area contributed by atoms with E-state index in [0.717, 1.165) is 19.6 Å². The highest BCUT2D eigenvalue weighted by Gasteiger charge is 2.36. The molecule has 1 aromatic rings. The van der Waals surface area contributed by atoms with Gasteiger partial charge >= 0.3 is 0 Å².